The molecule has 4 aromatic carbocycles. The van der Waals surface area contributed by atoms with E-state index in [1.807, 2.05) is 76.4 Å². The van der Waals surface area contributed by atoms with Gasteiger partial charge in [0.05, 0.1) is 19.9 Å². The molecular formula is C44H43FIrN2OSi-2. The predicted molar refractivity (Wildman–Crippen MR) is 206 cm³/mol. The maximum Gasteiger partial charge on any atom is 0.147 e. The Hall–Kier alpha value is -4.22. The summed E-state index contributed by atoms with van der Waals surface area (Å²) in [5.41, 5.74) is 10.4. The molecule has 0 unspecified atom stereocenters. The molecule has 0 aliphatic carbocycles. The number of hydrogen-bond acceptors (Lipinski definition) is 3. The van der Waals surface area contributed by atoms with Crippen molar-refractivity contribution in [3.63, 3.8) is 0 Å². The molecule has 0 atom stereocenters. The van der Waals surface area contributed by atoms with Crippen LogP contribution >= 0.6 is 0 Å². The number of pyridine rings is 2. The molecule has 3 heterocycles. The van der Waals surface area contributed by atoms with Gasteiger partial charge in [-0.2, -0.15) is 0 Å². The first-order valence-corrected chi connectivity index (χ1v) is 19.9. The predicted octanol–water partition coefficient (Wildman–Crippen LogP) is 11.7. The maximum absolute atomic E-state index is 14.8. The van der Waals surface area contributed by atoms with Crippen molar-refractivity contribution in [1.29, 1.82) is 0 Å². The van der Waals surface area contributed by atoms with Crippen molar-refractivity contribution in [3.05, 3.63) is 137 Å². The standard InChI is InChI=1S/C26H19FNO.C18H24NSi.Ir/c1-15-11-16(2)25(17(3)12-15)21-13-23(28-14-22(21)27)20-9-6-8-19-18-7-4-5-10-24(18)29-26(19)20;1-13(2)16-11-17(15-9-7-14(3)8-10-15)19-12-18(16)20(4,5)6;/h4-8,10-14H,1-3H3;7-9,11-13H,1-6H3;/q2*-1;/i;3D3,13D;. The fourth-order valence-electron chi connectivity index (χ4n) is 6.45. The third kappa shape index (κ3) is 7.58. The SMILES string of the molecule is Cc1cc(C)c(-c2cc(-c3[c-]ccc4c3oc3ccccc34)ncc2F)c(C)c1.[2H]C([2H])([2H])c1c[c-]c(-c2cc(C([2H])(C)C)c([Si](C)(C)C)cn2)cc1.[Ir]. The molecule has 0 fully saturated rings. The number of halogens is 1. The van der Waals surface area contributed by atoms with E-state index in [0.717, 1.165) is 61.0 Å². The van der Waals surface area contributed by atoms with Gasteiger partial charge in [-0.1, -0.05) is 105 Å². The molecule has 0 spiro atoms. The summed E-state index contributed by atoms with van der Waals surface area (Å²) in [6, 6.07) is 30.8. The van der Waals surface area contributed by atoms with Gasteiger partial charge >= 0.3 is 0 Å². The molecule has 0 aliphatic rings. The molecule has 0 N–H and O–H groups in total. The van der Waals surface area contributed by atoms with E-state index in [1.54, 1.807) is 18.2 Å². The Morgan fingerprint density at radius 3 is 2.22 bits per heavy atom. The monoisotopic (exact) mass is 859 g/mol. The Bertz CT molecular complexity index is 2440. The van der Waals surface area contributed by atoms with Crippen molar-refractivity contribution < 1.29 is 34.4 Å². The normalized spacial score (nSPS) is 13.1. The van der Waals surface area contributed by atoms with Crippen LogP contribution in [0.15, 0.2) is 95.7 Å². The van der Waals surface area contributed by atoms with Crippen molar-refractivity contribution in [2.45, 2.75) is 67.0 Å². The Morgan fingerprint density at radius 2 is 1.56 bits per heavy atom. The van der Waals surface area contributed by atoms with Crippen LogP contribution in [0.4, 0.5) is 4.39 Å². The van der Waals surface area contributed by atoms with Crippen LogP contribution in [-0.4, -0.2) is 18.0 Å². The Kier molecular flexibility index (Phi) is 9.49. The van der Waals surface area contributed by atoms with Crippen molar-refractivity contribution in [2.75, 3.05) is 0 Å². The Labute approximate surface area is 316 Å². The number of hydrogen-bond donors (Lipinski definition) is 0. The fourth-order valence-corrected chi connectivity index (χ4v) is 8.03. The van der Waals surface area contributed by atoms with E-state index in [1.165, 1.54) is 23.0 Å². The van der Waals surface area contributed by atoms with E-state index in [4.69, 9.17) is 9.90 Å². The zero-order chi connectivity index (χ0) is 38.5. The number of benzene rings is 4. The number of aromatic nitrogens is 2. The average molecular weight is 859 g/mol. The molecule has 7 aromatic rings. The Balaban J connectivity index is 0.000000208. The molecule has 0 bridgehead atoms. The summed E-state index contributed by atoms with van der Waals surface area (Å²) in [7, 11) is -1.61. The van der Waals surface area contributed by atoms with E-state index in [0.29, 0.717) is 11.3 Å². The third-order valence-corrected chi connectivity index (χ3v) is 10.8. The molecule has 7 rings (SSSR count). The quantitative estimate of drug-likeness (QED) is 0.128. The zero-order valence-corrected chi connectivity index (χ0v) is 33.1. The summed E-state index contributed by atoms with van der Waals surface area (Å²) in [4.78, 5) is 8.93. The van der Waals surface area contributed by atoms with Gasteiger partial charge in [-0.3, -0.25) is 0 Å². The van der Waals surface area contributed by atoms with E-state index in [-0.39, 0.29) is 31.5 Å². The van der Waals surface area contributed by atoms with Crippen LogP contribution in [0.5, 0.6) is 0 Å². The van der Waals surface area contributed by atoms with Gasteiger partial charge < -0.3 is 14.4 Å². The summed E-state index contributed by atoms with van der Waals surface area (Å²) in [5.74, 6) is -1.05. The van der Waals surface area contributed by atoms with Crippen LogP contribution in [0.3, 0.4) is 0 Å². The van der Waals surface area contributed by atoms with Gasteiger partial charge in [-0.15, -0.1) is 53.6 Å². The van der Waals surface area contributed by atoms with Crippen LogP contribution in [0.2, 0.25) is 19.6 Å². The largest absolute Gasteiger partial charge is 0.501 e. The van der Waals surface area contributed by atoms with Gasteiger partial charge in [0.25, 0.3) is 0 Å². The minimum absolute atomic E-state index is 0. The van der Waals surface area contributed by atoms with Crippen molar-refractivity contribution >= 4 is 35.2 Å². The molecule has 50 heavy (non-hydrogen) atoms. The maximum atomic E-state index is 14.8. The number of rotatable bonds is 5. The van der Waals surface area contributed by atoms with Crippen LogP contribution in [-0.2, 0) is 20.1 Å². The topological polar surface area (TPSA) is 38.9 Å². The summed E-state index contributed by atoms with van der Waals surface area (Å²) >= 11 is 0. The van der Waals surface area contributed by atoms with Crippen molar-refractivity contribution in [2.24, 2.45) is 0 Å². The molecule has 1 radical (unpaired) electrons. The molecule has 0 saturated carbocycles. The molecular weight excluding hydrogens is 812 g/mol. The van der Waals surface area contributed by atoms with Crippen LogP contribution in [0.25, 0.3) is 55.6 Å². The molecule has 6 heteroatoms. The van der Waals surface area contributed by atoms with Crippen LogP contribution in [0, 0.1) is 45.6 Å². The second-order valence-electron chi connectivity index (χ2n) is 13.9. The van der Waals surface area contributed by atoms with E-state index < -0.39 is 20.8 Å². The first-order chi connectivity index (χ1) is 24.8. The van der Waals surface area contributed by atoms with Gasteiger partial charge in [-0.05, 0) is 66.0 Å². The summed E-state index contributed by atoms with van der Waals surface area (Å²) in [5, 5.41) is 3.24. The number of aryl methyl sites for hydroxylation is 4. The molecule has 3 aromatic heterocycles. The summed E-state index contributed by atoms with van der Waals surface area (Å²) in [6.07, 6.45) is 3.18. The Morgan fingerprint density at radius 1 is 0.840 bits per heavy atom. The molecule has 257 valence electrons. The minimum atomic E-state index is -2.13. The molecule has 0 aliphatic heterocycles. The number of fused-ring (bicyclic) bond motifs is 3. The van der Waals surface area contributed by atoms with Crippen LogP contribution < -0.4 is 5.19 Å². The molecule has 3 nitrogen and oxygen atoms in total. The van der Waals surface area contributed by atoms with Gasteiger partial charge in [-0.25, -0.2) is 4.39 Å². The minimum Gasteiger partial charge on any atom is -0.501 e. The summed E-state index contributed by atoms with van der Waals surface area (Å²) < 4.78 is 51.7. The van der Waals surface area contributed by atoms with E-state index >= 15 is 0 Å². The van der Waals surface area contributed by atoms with E-state index in [9.17, 15) is 4.39 Å². The van der Waals surface area contributed by atoms with Gasteiger partial charge in [0, 0.05) is 42.7 Å². The molecule has 0 amide bonds. The third-order valence-electron chi connectivity index (χ3n) is 8.74. The number of para-hydroxylation sites is 1. The fraction of sp³-hybridized carbons (Fsp3) is 0.227. The van der Waals surface area contributed by atoms with Gasteiger partial charge in [0.1, 0.15) is 11.4 Å². The smallest absolute Gasteiger partial charge is 0.147 e. The number of nitrogens with zero attached hydrogens (tertiary/aromatic N) is 2. The second kappa shape index (κ2) is 14.9. The molecule has 0 saturated heterocycles. The van der Waals surface area contributed by atoms with Crippen molar-refractivity contribution in [3.8, 4) is 33.6 Å². The second-order valence-corrected chi connectivity index (χ2v) is 18.9. The zero-order valence-electron chi connectivity index (χ0n) is 33.7. The van der Waals surface area contributed by atoms with Gasteiger partial charge in [0.2, 0.25) is 0 Å². The van der Waals surface area contributed by atoms with E-state index in [2.05, 4.69) is 60.8 Å². The first-order valence-electron chi connectivity index (χ1n) is 18.4. The average Bonchev–Trinajstić information content (AvgIpc) is 3.47. The van der Waals surface area contributed by atoms with Crippen molar-refractivity contribution in [1.82, 2.24) is 9.97 Å². The van der Waals surface area contributed by atoms with Gasteiger partial charge in [0.15, 0.2) is 0 Å². The first kappa shape index (κ1) is 31.7. The summed E-state index contributed by atoms with van der Waals surface area (Å²) in [6.45, 7) is 14.5. The number of furan rings is 1. The van der Waals surface area contributed by atoms with Crippen LogP contribution in [0.1, 0.15) is 53.0 Å².